The van der Waals surface area contributed by atoms with Gasteiger partial charge < -0.3 is 14.4 Å². The van der Waals surface area contributed by atoms with Crippen molar-refractivity contribution < 1.29 is 14.3 Å². The maximum atomic E-state index is 12.1. The first kappa shape index (κ1) is 16.4. The smallest absolute Gasteiger partial charge is 0.248 e. The fourth-order valence-electron chi connectivity index (χ4n) is 1.75. The maximum Gasteiger partial charge on any atom is 0.248 e. The van der Waals surface area contributed by atoms with Gasteiger partial charge in [0, 0.05) is 19.7 Å². The van der Waals surface area contributed by atoms with Crippen LogP contribution < -0.4 is 0 Å². The number of methoxy groups -OCH3 is 1. The van der Waals surface area contributed by atoms with Gasteiger partial charge in [-0.2, -0.15) is 0 Å². The Kier molecular flexibility index (Phi) is 9.09. The lowest BCUT2D eigenvalue weighted by Gasteiger charge is -2.30. The van der Waals surface area contributed by atoms with Crippen LogP contribution in [0.2, 0.25) is 0 Å². The summed E-state index contributed by atoms with van der Waals surface area (Å²) in [4.78, 5) is 13.9. The van der Waals surface area contributed by atoms with Crippen molar-refractivity contribution in [2.45, 2.75) is 52.7 Å². The van der Waals surface area contributed by atoms with E-state index in [9.17, 15) is 4.79 Å². The normalized spacial score (nSPS) is 11.2. The average Bonchev–Trinajstić information content (AvgIpc) is 2.31. The van der Waals surface area contributed by atoms with Crippen molar-refractivity contribution >= 4 is 5.91 Å². The van der Waals surface area contributed by atoms with E-state index in [0.717, 1.165) is 12.8 Å². The second-order valence-corrected chi connectivity index (χ2v) is 4.41. The molecule has 0 aliphatic carbocycles. The van der Waals surface area contributed by atoms with E-state index < -0.39 is 0 Å². The van der Waals surface area contributed by atoms with Crippen LogP contribution in [0.1, 0.15) is 40.5 Å². The molecule has 0 fully saturated rings. The summed E-state index contributed by atoms with van der Waals surface area (Å²) in [6.45, 7) is 9.45. The Balaban J connectivity index is 4.37. The van der Waals surface area contributed by atoms with Crippen LogP contribution in [0.5, 0.6) is 0 Å². The van der Waals surface area contributed by atoms with Crippen molar-refractivity contribution in [3.8, 4) is 0 Å². The number of hydrogen-bond donors (Lipinski definition) is 0. The summed E-state index contributed by atoms with van der Waals surface area (Å²) >= 11 is 0. The van der Waals surface area contributed by atoms with Gasteiger partial charge in [0.05, 0.1) is 12.7 Å². The van der Waals surface area contributed by atoms with Gasteiger partial charge in [0.15, 0.2) is 0 Å². The van der Waals surface area contributed by atoms with Crippen LogP contribution in [0.25, 0.3) is 0 Å². The fourth-order valence-corrected chi connectivity index (χ4v) is 1.75. The van der Waals surface area contributed by atoms with E-state index in [1.54, 1.807) is 7.11 Å². The molecule has 4 nitrogen and oxygen atoms in total. The Hall–Kier alpha value is -0.610. The van der Waals surface area contributed by atoms with Gasteiger partial charge in [0.1, 0.15) is 6.61 Å². The largest absolute Gasteiger partial charge is 0.383 e. The standard InChI is InChI=1S/C13H27NO3/c1-6-12(7-2)14(8-9-16-5)13(15)10-17-11(3)4/h11-12H,6-10H2,1-5H3. The number of hydrogen-bond acceptors (Lipinski definition) is 3. The van der Waals surface area contributed by atoms with Gasteiger partial charge in [-0.1, -0.05) is 13.8 Å². The second kappa shape index (κ2) is 9.42. The third-order valence-corrected chi connectivity index (χ3v) is 2.78. The summed E-state index contributed by atoms with van der Waals surface area (Å²) in [6.07, 6.45) is 2.02. The van der Waals surface area contributed by atoms with Crippen molar-refractivity contribution in [2.75, 3.05) is 26.9 Å². The molecule has 0 aliphatic heterocycles. The molecule has 0 N–H and O–H groups in total. The molecule has 0 aliphatic rings. The highest BCUT2D eigenvalue weighted by atomic mass is 16.5. The predicted octanol–water partition coefficient (Wildman–Crippen LogP) is 2.08. The van der Waals surface area contributed by atoms with Crippen LogP contribution in [0.4, 0.5) is 0 Å². The molecular formula is C13H27NO3. The lowest BCUT2D eigenvalue weighted by Crippen LogP contribution is -2.43. The molecule has 0 radical (unpaired) electrons. The van der Waals surface area contributed by atoms with Crippen LogP contribution in [0.15, 0.2) is 0 Å². The van der Waals surface area contributed by atoms with Gasteiger partial charge in [-0.3, -0.25) is 4.79 Å². The second-order valence-electron chi connectivity index (χ2n) is 4.41. The van der Waals surface area contributed by atoms with Crippen molar-refractivity contribution in [2.24, 2.45) is 0 Å². The number of nitrogens with zero attached hydrogens (tertiary/aromatic N) is 1. The van der Waals surface area contributed by atoms with Crippen LogP contribution in [-0.4, -0.2) is 49.8 Å². The van der Waals surface area contributed by atoms with Crippen LogP contribution in [0.3, 0.4) is 0 Å². The van der Waals surface area contributed by atoms with Gasteiger partial charge in [-0.05, 0) is 26.7 Å². The summed E-state index contributed by atoms with van der Waals surface area (Å²) in [5.41, 5.74) is 0. The van der Waals surface area contributed by atoms with Crippen molar-refractivity contribution in [1.82, 2.24) is 4.90 Å². The third-order valence-electron chi connectivity index (χ3n) is 2.78. The summed E-state index contributed by atoms with van der Waals surface area (Å²) in [5, 5.41) is 0. The first-order valence-corrected chi connectivity index (χ1v) is 6.46. The quantitative estimate of drug-likeness (QED) is 0.624. The molecule has 17 heavy (non-hydrogen) atoms. The first-order chi connectivity index (χ1) is 8.06. The Labute approximate surface area is 105 Å². The van der Waals surface area contributed by atoms with Crippen molar-refractivity contribution in [1.29, 1.82) is 0 Å². The predicted molar refractivity (Wildman–Crippen MR) is 69.0 cm³/mol. The van der Waals surface area contributed by atoms with Crippen LogP contribution in [-0.2, 0) is 14.3 Å². The minimum atomic E-state index is 0.0597. The molecule has 0 aromatic rings. The highest BCUT2D eigenvalue weighted by Crippen LogP contribution is 2.09. The molecule has 0 saturated carbocycles. The van der Waals surface area contributed by atoms with Crippen LogP contribution in [0, 0.1) is 0 Å². The molecule has 0 atom stereocenters. The molecule has 102 valence electrons. The Morgan fingerprint density at radius 1 is 1.24 bits per heavy atom. The summed E-state index contributed by atoms with van der Waals surface area (Å²) < 4.78 is 10.4. The molecule has 0 spiro atoms. The van der Waals surface area contributed by atoms with E-state index in [-0.39, 0.29) is 24.7 Å². The number of carbonyl (C=O) groups is 1. The minimum absolute atomic E-state index is 0.0597. The van der Waals surface area contributed by atoms with Gasteiger partial charge >= 0.3 is 0 Å². The number of carbonyl (C=O) groups excluding carboxylic acids is 1. The van der Waals surface area contributed by atoms with E-state index in [2.05, 4.69) is 13.8 Å². The third kappa shape index (κ3) is 6.64. The molecule has 0 heterocycles. The topological polar surface area (TPSA) is 38.8 Å². The zero-order chi connectivity index (χ0) is 13.3. The van der Waals surface area contributed by atoms with Crippen molar-refractivity contribution in [3.63, 3.8) is 0 Å². The zero-order valence-electron chi connectivity index (χ0n) is 11.9. The van der Waals surface area contributed by atoms with Crippen molar-refractivity contribution in [3.05, 3.63) is 0 Å². The van der Waals surface area contributed by atoms with Gasteiger partial charge in [-0.15, -0.1) is 0 Å². The number of amides is 1. The lowest BCUT2D eigenvalue weighted by atomic mass is 10.1. The zero-order valence-corrected chi connectivity index (χ0v) is 11.9. The highest BCUT2D eigenvalue weighted by Gasteiger charge is 2.20. The molecule has 0 saturated heterocycles. The molecule has 0 rings (SSSR count). The van der Waals surface area contributed by atoms with E-state index >= 15 is 0 Å². The van der Waals surface area contributed by atoms with Crippen LogP contribution >= 0.6 is 0 Å². The minimum Gasteiger partial charge on any atom is -0.383 e. The SMILES string of the molecule is CCC(CC)N(CCOC)C(=O)COC(C)C. The van der Waals surface area contributed by atoms with E-state index in [0.29, 0.717) is 13.2 Å². The van der Waals surface area contributed by atoms with E-state index in [1.807, 2.05) is 18.7 Å². The monoisotopic (exact) mass is 245 g/mol. The molecule has 1 amide bonds. The molecule has 0 aromatic carbocycles. The Bertz CT molecular complexity index is 203. The molecule has 4 heteroatoms. The average molecular weight is 245 g/mol. The summed E-state index contributed by atoms with van der Waals surface area (Å²) in [7, 11) is 1.65. The maximum absolute atomic E-state index is 12.1. The van der Waals surface area contributed by atoms with E-state index in [1.165, 1.54) is 0 Å². The first-order valence-electron chi connectivity index (χ1n) is 6.46. The lowest BCUT2D eigenvalue weighted by molar-refractivity contribution is -0.140. The summed E-state index contributed by atoms with van der Waals surface area (Å²) in [6, 6.07) is 0.286. The summed E-state index contributed by atoms with van der Waals surface area (Å²) in [5.74, 6) is 0.0597. The van der Waals surface area contributed by atoms with Gasteiger partial charge in [0.2, 0.25) is 5.91 Å². The molecule has 0 aromatic heterocycles. The fraction of sp³-hybridized carbons (Fsp3) is 0.923. The number of ether oxygens (including phenoxy) is 2. The molecular weight excluding hydrogens is 218 g/mol. The number of rotatable bonds is 9. The van der Waals surface area contributed by atoms with Gasteiger partial charge in [0.25, 0.3) is 0 Å². The highest BCUT2D eigenvalue weighted by molar-refractivity contribution is 5.77. The Morgan fingerprint density at radius 3 is 2.24 bits per heavy atom. The molecule has 0 unspecified atom stereocenters. The Morgan fingerprint density at radius 2 is 1.82 bits per heavy atom. The van der Waals surface area contributed by atoms with E-state index in [4.69, 9.17) is 9.47 Å². The van der Waals surface area contributed by atoms with Gasteiger partial charge in [-0.25, -0.2) is 0 Å². The molecule has 0 bridgehead atoms.